The van der Waals surface area contributed by atoms with Gasteiger partial charge in [0.05, 0.1) is 14.2 Å². The molecular formula is C11H20N2O+2. The molecule has 1 aromatic rings. The first-order valence-corrected chi connectivity index (χ1v) is 5.00. The highest BCUT2D eigenvalue weighted by Gasteiger charge is 2.07. The summed E-state index contributed by atoms with van der Waals surface area (Å²) >= 11 is 0. The number of hydrogen-bond donors (Lipinski definition) is 2. The second-order valence-electron chi connectivity index (χ2n) is 3.55. The average Bonchev–Trinajstić information content (AvgIpc) is 2.19. The Kier molecular flexibility index (Phi) is 4.43. The van der Waals surface area contributed by atoms with Crippen LogP contribution in [0, 0.1) is 0 Å². The van der Waals surface area contributed by atoms with Crippen LogP contribution in [-0.2, 0) is 6.54 Å². The summed E-state index contributed by atoms with van der Waals surface area (Å²) in [5.74, 6) is 0.982. The Morgan fingerprint density at radius 1 is 1.36 bits per heavy atom. The Bertz CT molecular complexity index is 276. The van der Waals surface area contributed by atoms with E-state index in [9.17, 15) is 0 Å². The predicted octanol–water partition coefficient (Wildman–Crippen LogP) is -1.05. The van der Waals surface area contributed by atoms with Crippen LogP contribution >= 0.6 is 0 Å². The smallest absolute Gasteiger partial charge is 0.127 e. The number of para-hydroxylation sites is 1. The Hall–Kier alpha value is -1.06. The number of ether oxygens (including phenoxy) is 1. The fraction of sp³-hybridized carbons (Fsp3) is 0.455. The summed E-state index contributed by atoms with van der Waals surface area (Å²) in [4.78, 5) is 1.46. The molecule has 0 amide bonds. The summed E-state index contributed by atoms with van der Waals surface area (Å²) in [5.41, 5.74) is 5.12. The summed E-state index contributed by atoms with van der Waals surface area (Å²) in [5, 5.41) is 0. The van der Waals surface area contributed by atoms with Crippen molar-refractivity contribution >= 4 is 0 Å². The van der Waals surface area contributed by atoms with Crippen molar-refractivity contribution in [3.8, 4) is 5.75 Å². The summed E-state index contributed by atoms with van der Waals surface area (Å²) in [6.07, 6.45) is 0. The summed E-state index contributed by atoms with van der Waals surface area (Å²) < 4.78 is 5.30. The molecule has 0 aliphatic heterocycles. The van der Waals surface area contributed by atoms with Crippen LogP contribution in [0.25, 0.3) is 0 Å². The van der Waals surface area contributed by atoms with Crippen molar-refractivity contribution in [1.29, 1.82) is 0 Å². The normalized spacial score (nSPS) is 12.5. The van der Waals surface area contributed by atoms with Crippen LogP contribution in [0.5, 0.6) is 5.75 Å². The van der Waals surface area contributed by atoms with Gasteiger partial charge in [-0.2, -0.15) is 0 Å². The van der Waals surface area contributed by atoms with Gasteiger partial charge in [-0.05, 0) is 12.1 Å². The molecule has 78 valence electrons. The fourth-order valence-electron chi connectivity index (χ4n) is 1.56. The van der Waals surface area contributed by atoms with Crippen molar-refractivity contribution in [3.05, 3.63) is 29.8 Å². The van der Waals surface area contributed by atoms with Crippen LogP contribution in [0.2, 0.25) is 0 Å². The molecule has 0 saturated heterocycles. The van der Waals surface area contributed by atoms with E-state index in [-0.39, 0.29) is 0 Å². The van der Waals surface area contributed by atoms with E-state index in [1.54, 1.807) is 7.11 Å². The van der Waals surface area contributed by atoms with E-state index >= 15 is 0 Å². The summed E-state index contributed by atoms with van der Waals surface area (Å²) in [6.45, 7) is 3.07. The van der Waals surface area contributed by atoms with E-state index < -0.39 is 0 Å². The Labute approximate surface area is 85.5 Å². The van der Waals surface area contributed by atoms with Crippen molar-refractivity contribution in [3.63, 3.8) is 0 Å². The molecule has 0 heterocycles. The van der Waals surface area contributed by atoms with Crippen molar-refractivity contribution in [1.82, 2.24) is 0 Å². The summed E-state index contributed by atoms with van der Waals surface area (Å²) in [6, 6.07) is 8.17. The Morgan fingerprint density at radius 2 is 2.07 bits per heavy atom. The monoisotopic (exact) mass is 196 g/mol. The molecule has 14 heavy (non-hydrogen) atoms. The minimum absolute atomic E-state index is 0.973. The third kappa shape index (κ3) is 3.01. The molecule has 0 aliphatic rings. The highest BCUT2D eigenvalue weighted by atomic mass is 16.5. The zero-order chi connectivity index (χ0) is 10.4. The number of methoxy groups -OCH3 is 1. The van der Waals surface area contributed by atoms with E-state index in [0.717, 1.165) is 25.4 Å². The van der Waals surface area contributed by atoms with Gasteiger partial charge in [-0.15, -0.1) is 0 Å². The van der Waals surface area contributed by atoms with Crippen LogP contribution in [-0.4, -0.2) is 27.2 Å². The minimum atomic E-state index is 0.973. The maximum atomic E-state index is 5.30. The van der Waals surface area contributed by atoms with E-state index in [0.29, 0.717) is 0 Å². The maximum absolute atomic E-state index is 5.30. The number of benzene rings is 1. The molecule has 1 aromatic carbocycles. The van der Waals surface area contributed by atoms with Crippen LogP contribution in [0.3, 0.4) is 0 Å². The van der Waals surface area contributed by atoms with E-state index in [2.05, 4.69) is 24.9 Å². The Morgan fingerprint density at radius 3 is 2.71 bits per heavy atom. The van der Waals surface area contributed by atoms with Crippen molar-refractivity contribution < 1.29 is 15.4 Å². The lowest BCUT2D eigenvalue weighted by Gasteiger charge is -2.13. The first-order valence-electron chi connectivity index (χ1n) is 5.00. The number of quaternary nitrogens is 2. The molecule has 0 bridgehead atoms. The highest BCUT2D eigenvalue weighted by Crippen LogP contribution is 2.15. The number of likely N-dealkylation sites (N-methyl/N-ethyl adjacent to an activating group) is 1. The third-order valence-corrected chi connectivity index (χ3v) is 2.29. The topological polar surface area (TPSA) is 41.3 Å². The van der Waals surface area contributed by atoms with Gasteiger partial charge in [-0.3, -0.25) is 0 Å². The highest BCUT2D eigenvalue weighted by molar-refractivity contribution is 5.32. The largest absolute Gasteiger partial charge is 0.496 e. The maximum Gasteiger partial charge on any atom is 0.127 e. The van der Waals surface area contributed by atoms with Gasteiger partial charge in [-0.1, -0.05) is 12.1 Å². The van der Waals surface area contributed by atoms with Crippen molar-refractivity contribution in [2.24, 2.45) is 0 Å². The van der Waals surface area contributed by atoms with Gasteiger partial charge in [0.25, 0.3) is 0 Å². The molecule has 1 unspecified atom stereocenters. The lowest BCUT2D eigenvalue weighted by Crippen LogP contribution is -3.09. The van der Waals surface area contributed by atoms with Crippen LogP contribution in [0.4, 0.5) is 0 Å². The van der Waals surface area contributed by atoms with Gasteiger partial charge in [0.1, 0.15) is 25.4 Å². The molecule has 3 nitrogen and oxygen atoms in total. The number of hydrogen-bond acceptors (Lipinski definition) is 1. The molecule has 0 spiro atoms. The zero-order valence-electron chi connectivity index (χ0n) is 9.05. The van der Waals surface area contributed by atoms with Gasteiger partial charge in [0, 0.05) is 5.56 Å². The van der Waals surface area contributed by atoms with Crippen LogP contribution in [0.1, 0.15) is 5.56 Å². The second kappa shape index (κ2) is 5.62. The molecular weight excluding hydrogens is 176 g/mol. The molecule has 0 aromatic heterocycles. The Balaban J connectivity index is 2.65. The molecule has 0 saturated carbocycles. The van der Waals surface area contributed by atoms with Gasteiger partial charge in [0.2, 0.25) is 0 Å². The van der Waals surface area contributed by atoms with Crippen molar-refractivity contribution in [2.45, 2.75) is 6.54 Å². The summed E-state index contributed by atoms with van der Waals surface area (Å²) in [7, 11) is 3.90. The third-order valence-electron chi connectivity index (χ3n) is 2.29. The predicted molar refractivity (Wildman–Crippen MR) is 56.2 cm³/mol. The lowest BCUT2D eigenvalue weighted by molar-refractivity contribution is -0.899. The first kappa shape index (κ1) is 11.0. The molecule has 1 atom stereocenters. The molecule has 1 rings (SSSR count). The van der Waals surface area contributed by atoms with Crippen LogP contribution < -0.4 is 15.4 Å². The van der Waals surface area contributed by atoms with Gasteiger partial charge in [-0.25, -0.2) is 0 Å². The first-order chi connectivity index (χ1) is 6.77. The molecule has 0 aliphatic carbocycles. The van der Waals surface area contributed by atoms with Gasteiger partial charge >= 0.3 is 0 Å². The standard InChI is InChI=1S/C11H18N2O/c1-13(8-7-12)9-10-5-3-4-6-11(10)14-2/h3-6H,7-9,12H2,1-2H3/p+2. The molecule has 3 heteroatoms. The quantitative estimate of drug-likeness (QED) is 0.620. The van der Waals surface area contributed by atoms with Gasteiger partial charge in [0.15, 0.2) is 0 Å². The average molecular weight is 196 g/mol. The SMILES string of the molecule is COc1ccccc1C[NH+](C)CC[NH3+]. The molecule has 0 fully saturated rings. The zero-order valence-corrected chi connectivity index (χ0v) is 9.05. The number of nitrogens with one attached hydrogen (secondary N) is 1. The fourth-order valence-corrected chi connectivity index (χ4v) is 1.56. The minimum Gasteiger partial charge on any atom is -0.496 e. The van der Waals surface area contributed by atoms with E-state index in [1.807, 2.05) is 12.1 Å². The van der Waals surface area contributed by atoms with Gasteiger partial charge < -0.3 is 15.4 Å². The van der Waals surface area contributed by atoms with Crippen LogP contribution in [0.15, 0.2) is 24.3 Å². The number of rotatable bonds is 5. The van der Waals surface area contributed by atoms with E-state index in [4.69, 9.17) is 4.74 Å². The van der Waals surface area contributed by atoms with E-state index in [1.165, 1.54) is 10.5 Å². The molecule has 4 N–H and O–H groups in total. The second-order valence-corrected chi connectivity index (χ2v) is 3.55. The molecule has 0 radical (unpaired) electrons. The lowest BCUT2D eigenvalue weighted by atomic mass is 10.2. The van der Waals surface area contributed by atoms with Crippen molar-refractivity contribution in [2.75, 3.05) is 27.2 Å².